The van der Waals surface area contributed by atoms with Crippen molar-refractivity contribution in [1.29, 1.82) is 0 Å². The van der Waals surface area contributed by atoms with Crippen LogP contribution in [0.1, 0.15) is 37.5 Å². The fourth-order valence-electron chi connectivity index (χ4n) is 2.81. The Morgan fingerprint density at radius 1 is 1.28 bits per heavy atom. The number of carbonyl (C=O) groups is 4. The Labute approximate surface area is 236 Å². The molecule has 0 bridgehead atoms. The molecule has 1 fully saturated rings. The Bertz CT molecular complexity index is 1160. The molecule has 18 heteroatoms. The van der Waals surface area contributed by atoms with Gasteiger partial charge in [-0.25, -0.2) is 13.2 Å². The second-order valence-corrected chi connectivity index (χ2v) is 11.1. The van der Waals surface area contributed by atoms with E-state index in [0.717, 1.165) is 0 Å². The van der Waals surface area contributed by atoms with E-state index in [1.54, 1.807) is 6.01 Å². The molecule has 2 rings (SSSR count). The topological polar surface area (TPSA) is 218 Å². The molecule has 14 nitrogen and oxygen atoms in total. The maximum absolute atomic E-state index is 12.5. The number of hydroxylamine groups is 2. The van der Waals surface area contributed by atoms with Gasteiger partial charge in [0.25, 0.3) is 11.8 Å². The van der Waals surface area contributed by atoms with Crippen LogP contribution in [0.2, 0.25) is 0 Å². The first kappa shape index (κ1) is 32.4. The van der Waals surface area contributed by atoms with E-state index in [4.69, 9.17) is 5.41 Å². The van der Waals surface area contributed by atoms with Crippen LogP contribution in [-0.4, -0.2) is 74.8 Å². The minimum atomic E-state index is -5.05. The molecule has 0 spiro atoms. The molecule has 1 heterocycles. The molecular weight excluding hydrogens is 551 g/mol. The molecule has 36 heavy (non-hydrogen) atoms. The zero-order chi connectivity index (χ0) is 26.2. The van der Waals surface area contributed by atoms with Gasteiger partial charge in [0.2, 0.25) is 5.69 Å². The van der Waals surface area contributed by atoms with Crippen LogP contribution in [0.5, 0.6) is 0 Å². The molecule has 0 aliphatic carbocycles. The molecule has 0 aromatic heterocycles. The van der Waals surface area contributed by atoms with Crippen LogP contribution in [0.4, 0.5) is 11.4 Å². The van der Waals surface area contributed by atoms with Crippen molar-refractivity contribution in [2.45, 2.75) is 30.9 Å². The zero-order valence-corrected chi connectivity index (χ0v) is 23.2. The van der Waals surface area contributed by atoms with E-state index in [0.29, 0.717) is 12.2 Å². The zero-order valence-electron chi connectivity index (χ0n) is 19.8. The van der Waals surface area contributed by atoms with Crippen molar-refractivity contribution in [3.8, 4) is 0 Å². The normalized spacial score (nSPS) is 15.4. The number of rotatable bonds is 13. The van der Waals surface area contributed by atoms with E-state index < -0.39 is 44.8 Å². The van der Waals surface area contributed by atoms with E-state index in [2.05, 4.69) is 9.83 Å². The van der Waals surface area contributed by atoms with Crippen LogP contribution >= 0.6 is 21.6 Å². The fraction of sp³-hybridized carbons (Fsp3) is 0.389. The first-order valence-corrected chi connectivity index (χ1v) is 13.7. The Hall–Kier alpha value is -1.63. The summed E-state index contributed by atoms with van der Waals surface area (Å²) in [5.74, 6) is -3.14. The van der Waals surface area contributed by atoms with Gasteiger partial charge < -0.3 is 21.2 Å². The number of Topliss-reactive ketones (excluding diaryl/α,β-unsaturated/α-hetero) is 1. The van der Waals surface area contributed by atoms with Gasteiger partial charge in [0.1, 0.15) is 15.4 Å². The standard InChI is InChI=1S/C18H19N4O10S3.Na.H/c19-10-20-11-3-4-13(22(27)28)12(8-11)14(23)2-1-6-33-34-7-5-17(25)32-21-16(24)9-15(18(21)26)35(29,30)31;;/h3-4,8,15,27-28H,1-2,5-7,9H2,(H,29,30,31);;/q-1;+1;-1. The molecule has 1 saturated heterocycles. The average molecular weight is 572 g/mol. The number of aliphatic imine (C=N–C) groups is 1. The molecule has 0 saturated carbocycles. The first-order valence-electron chi connectivity index (χ1n) is 9.74. The summed E-state index contributed by atoms with van der Waals surface area (Å²) >= 11 is 0. The van der Waals surface area contributed by atoms with E-state index >= 15 is 0 Å². The van der Waals surface area contributed by atoms with E-state index in [1.165, 1.54) is 39.8 Å². The van der Waals surface area contributed by atoms with E-state index in [9.17, 15) is 42.6 Å². The van der Waals surface area contributed by atoms with Gasteiger partial charge >= 0.3 is 35.5 Å². The first-order chi connectivity index (χ1) is 16.5. The Morgan fingerprint density at radius 2 is 1.94 bits per heavy atom. The van der Waals surface area contributed by atoms with Gasteiger partial charge in [-0.3, -0.25) is 14.4 Å². The summed E-state index contributed by atoms with van der Waals surface area (Å²) in [7, 11) is -2.48. The summed E-state index contributed by atoms with van der Waals surface area (Å²) in [5, 5.41) is 24.2. The van der Waals surface area contributed by atoms with Crippen molar-refractivity contribution in [2.24, 2.45) is 4.99 Å². The number of nitrogens with one attached hydrogen (secondary N) is 1. The number of imide groups is 1. The molecule has 1 aromatic carbocycles. The van der Waals surface area contributed by atoms with Crippen molar-refractivity contribution < 1.29 is 83.6 Å². The quantitative estimate of drug-likeness (QED) is 0.0323. The van der Waals surface area contributed by atoms with Crippen molar-refractivity contribution in [3.63, 3.8) is 0 Å². The van der Waals surface area contributed by atoms with Crippen molar-refractivity contribution in [1.82, 2.24) is 5.06 Å². The smallest absolute Gasteiger partial charge is 1.00 e. The number of hydrogen-bond acceptors (Lipinski definition) is 13. The maximum atomic E-state index is 12.5. The summed E-state index contributed by atoms with van der Waals surface area (Å²) in [6, 6.07) is 5.49. The second-order valence-electron chi connectivity index (χ2n) is 6.86. The summed E-state index contributed by atoms with van der Waals surface area (Å²) in [4.78, 5) is 55.8. The van der Waals surface area contributed by atoms with Gasteiger partial charge in [0.05, 0.1) is 18.4 Å². The molecule has 1 unspecified atom stereocenters. The number of quaternary nitrogens is 1. The molecule has 1 aromatic rings. The summed E-state index contributed by atoms with van der Waals surface area (Å²) in [6.45, 7) is 0. The summed E-state index contributed by atoms with van der Waals surface area (Å²) < 4.78 is 32.9. The molecular formula is C18H20N4NaO10S3-. The molecule has 1 aliphatic rings. The van der Waals surface area contributed by atoms with Gasteiger partial charge in [-0.05, 0) is 23.4 Å². The predicted molar refractivity (Wildman–Crippen MR) is 121 cm³/mol. The number of carbonyl (C=O) groups excluding carboxylic acids is 4. The van der Waals surface area contributed by atoms with Crippen molar-refractivity contribution >= 4 is 72.7 Å². The molecule has 1 atom stereocenters. The van der Waals surface area contributed by atoms with Gasteiger partial charge in [0, 0.05) is 24.0 Å². The maximum Gasteiger partial charge on any atom is 1.00 e. The summed E-state index contributed by atoms with van der Waals surface area (Å²) in [6.07, 6.45) is -0.619. The van der Waals surface area contributed by atoms with Gasteiger partial charge in [-0.1, -0.05) is 27.7 Å². The SMILES string of the molecule is [H-].[N-]=C=Nc1ccc([NH+](O)O)c(C(=O)CCCSSCCC(=O)ON2C(=O)CC(S(=O)(=O)[O-])C2=O)c1.[Na+]. The largest absolute Gasteiger partial charge is 1.00 e. The number of amides is 2. The van der Waals surface area contributed by atoms with Crippen LogP contribution in [0.3, 0.4) is 0 Å². The summed E-state index contributed by atoms with van der Waals surface area (Å²) in [5.41, 5.74) is 0.127. The van der Waals surface area contributed by atoms with E-state index in [1.807, 2.05) is 0 Å². The van der Waals surface area contributed by atoms with Crippen LogP contribution in [0, 0.1) is 0 Å². The number of hydrogen-bond donors (Lipinski definition) is 3. The Morgan fingerprint density at radius 3 is 2.53 bits per heavy atom. The minimum Gasteiger partial charge on any atom is -1.00 e. The van der Waals surface area contributed by atoms with Crippen LogP contribution in [0.15, 0.2) is 23.2 Å². The molecule has 192 valence electrons. The number of nitrogens with zero attached hydrogens (tertiary/aromatic N) is 3. The molecule has 3 N–H and O–H groups in total. The number of ketones is 1. The van der Waals surface area contributed by atoms with Crippen LogP contribution in [0.25, 0.3) is 5.41 Å². The third-order valence-electron chi connectivity index (χ3n) is 4.43. The van der Waals surface area contributed by atoms with Crippen LogP contribution < -0.4 is 34.8 Å². The second kappa shape index (κ2) is 14.9. The third-order valence-corrected chi connectivity index (χ3v) is 7.99. The minimum absolute atomic E-state index is 0. The Balaban J connectivity index is 0.00000648. The third kappa shape index (κ3) is 9.35. The molecule has 0 radical (unpaired) electrons. The Kier molecular flexibility index (Phi) is 13.4. The van der Waals surface area contributed by atoms with Gasteiger partial charge in [0.15, 0.2) is 5.78 Å². The van der Waals surface area contributed by atoms with Gasteiger partial charge in [-0.15, -0.1) is 5.06 Å². The van der Waals surface area contributed by atoms with E-state index in [-0.39, 0.29) is 77.4 Å². The monoisotopic (exact) mass is 571 g/mol. The molecule has 1 aliphatic heterocycles. The van der Waals surface area contributed by atoms with Crippen LogP contribution in [-0.2, 0) is 29.3 Å². The predicted octanol–water partition coefficient (Wildman–Crippen LogP) is -2.66. The van der Waals surface area contributed by atoms with Crippen molar-refractivity contribution in [2.75, 3.05) is 11.5 Å². The average Bonchev–Trinajstić information content (AvgIpc) is 3.07. The number of benzene rings is 1. The van der Waals surface area contributed by atoms with Gasteiger partial charge in [-0.2, -0.15) is 16.4 Å². The molecule has 2 amide bonds. The van der Waals surface area contributed by atoms with Crippen molar-refractivity contribution in [3.05, 3.63) is 29.2 Å². The fourth-order valence-corrected chi connectivity index (χ4v) is 5.55.